The smallest absolute Gasteiger partial charge is 0.248 e. The highest BCUT2D eigenvalue weighted by atomic mass is 32.2. The topological polar surface area (TPSA) is 83.7 Å². The number of hydrogen-bond acceptors (Lipinski definition) is 5. The fraction of sp³-hybridized carbons (Fsp3) is 0.556. The minimum atomic E-state index is -3.86. The maximum atomic E-state index is 13.8. The lowest BCUT2D eigenvalue weighted by Gasteiger charge is -2.40. The number of rotatable bonds is 6. The second-order valence-electron chi connectivity index (χ2n) is 9.95. The predicted octanol–water partition coefficient (Wildman–Crippen LogP) is 4.96. The highest BCUT2D eigenvalue weighted by Crippen LogP contribution is 2.31. The van der Waals surface area contributed by atoms with Gasteiger partial charge in [-0.15, -0.1) is 0 Å². The number of sulfonamides is 1. The van der Waals surface area contributed by atoms with Crippen molar-refractivity contribution in [3.8, 4) is 0 Å². The molecule has 0 radical (unpaired) electrons. The quantitative estimate of drug-likeness (QED) is 0.561. The zero-order valence-electron chi connectivity index (χ0n) is 21.3. The Balaban J connectivity index is 1.57. The van der Waals surface area contributed by atoms with Crippen LogP contribution in [-0.4, -0.2) is 54.4 Å². The van der Waals surface area contributed by atoms with E-state index in [0.717, 1.165) is 55.3 Å². The summed E-state index contributed by atoms with van der Waals surface area (Å²) in [6.07, 6.45) is 9.08. The van der Waals surface area contributed by atoms with Crippen molar-refractivity contribution < 1.29 is 17.7 Å². The van der Waals surface area contributed by atoms with Crippen molar-refractivity contribution in [1.29, 1.82) is 0 Å². The average Bonchev–Trinajstić information content (AvgIpc) is 3.25. The Bertz CT molecular complexity index is 1200. The van der Waals surface area contributed by atoms with E-state index in [9.17, 15) is 13.2 Å². The van der Waals surface area contributed by atoms with Crippen molar-refractivity contribution in [2.45, 2.75) is 77.2 Å². The molecule has 0 aliphatic carbocycles. The number of likely N-dealkylation sites (tertiary alicyclic amines) is 1. The van der Waals surface area contributed by atoms with E-state index in [2.05, 4.69) is 12.1 Å². The largest absolute Gasteiger partial charge is 0.355 e. The van der Waals surface area contributed by atoms with Gasteiger partial charge >= 0.3 is 0 Å². The van der Waals surface area contributed by atoms with Crippen LogP contribution >= 0.6 is 0 Å². The summed E-state index contributed by atoms with van der Waals surface area (Å²) in [5.74, 6) is 0.0206. The van der Waals surface area contributed by atoms with Crippen LogP contribution in [0.5, 0.6) is 0 Å². The van der Waals surface area contributed by atoms with Gasteiger partial charge in [0.05, 0.1) is 5.92 Å². The van der Waals surface area contributed by atoms with Gasteiger partial charge in [0.2, 0.25) is 15.9 Å². The van der Waals surface area contributed by atoms with E-state index < -0.39 is 10.0 Å². The zero-order chi connectivity index (χ0) is 25.2. The number of piperidine rings is 2. The molecule has 7 nitrogen and oxygen atoms in total. The molecule has 8 heteroatoms. The molecule has 2 saturated heterocycles. The fourth-order valence-corrected chi connectivity index (χ4v) is 7.12. The zero-order valence-corrected chi connectivity index (χ0v) is 22.1. The summed E-state index contributed by atoms with van der Waals surface area (Å²) in [5, 5.41) is 3.97. The van der Waals surface area contributed by atoms with Crippen LogP contribution in [0, 0.1) is 26.7 Å². The number of amides is 1. The number of aryl methyl sites for hydroxylation is 3. The molecule has 0 spiro atoms. The summed E-state index contributed by atoms with van der Waals surface area (Å²) in [6.45, 7) is 9.18. The molecular weight excluding hydrogens is 462 g/mol. The van der Waals surface area contributed by atoms with Crippen LogP contribution in [0.3, 0.4) is 0 Å². The predicted molar refractivity (Wildman–Crippen MR) is 137 cm³/mol. The lowest BCUT2D eigenvalue weighted by molar-refractivity contribution is -0.140. The maximum absolute atomic E-state index is 13.8. The molecule has 1 aromatic heterocycles. The number of nitrogens with zero attached hydrogens (tertiary/aromatic N) is 3. The van der Waals surface area contributed by atoms with Crippen LogP contribution in [0.2, 0.25) is 0 Å². The van der Waals surface area contributed by atoms with Crippen molar-refractivity contribution >= 4 is 28.1 Å². The number of carbonyl (C=O) groups excluding carboxylic acids is 1. The normalized spacial score (nSPS) is 22.1. The Morgan fingerprint density at radius 1 is 1.11 bits per heavy atom. The van der Waals surface area contributed by atoms with Gasteiger partial charge in [0.15, 0.2) is 10.7 Å². The Morgan fingerprint density at radius 3 is 2.69 bits per heavy atom. The van der Waals surface area contributed by atoms with Gasteiger partial charge in [-0.1, -0.05) is 41.9 Å². The highest BCUT2D eigenvalue weighted by Gasteiger charge is 2.39. The first-order valence-corrected chi connectivity index (χ1v) is 14.2. The minimum absolute atomic E-state index is 0.0940. The van der Waals surface area contributed by atoms with Crippen LogP contribution in [-0.2, 0) is 14.8 Å². The lowest BCUT2D eigenvalue weighted by Crippen LogP contribution is -2.51. The molecule has 1 amide bonds. The Kier molecular flexibility index (Phi) is 7.81. The molecule has 2 aromatic rings. The van der Waals surface area contributed by atoms with E-state index in [0.29, 0.717) is 18.7 Å². The lowest BCUT2D eigenvalue weighted by atomic mass is 9.93. The van der Waals surface area contributed by atoms with Crippen molar-refractivity contribution in [1.82, 2.24) is 14.4 Å². The molecular formula is C27H37N3O4S. The monoisotopic (exact) mass is 499 g/mol. The molecule has 0 N–H and O–H groups in total. The number of benzene rings is 1. The second kappa shape index (κ2) is 10.7. The SMILES string of the molecule is CC[C@@H]1CCCCN1C(=O)[C@H]1CCCN(S(=O)(=O)c2c(C)noc2/C=C/c2cc(C)ccc2C)C1. The van der Waals surface area contributed by atoms with E-state index in [4.69, 9.17) is 4.52 Å². The highest BCUT2D eigenvalue weighted by molar-refractivity contribution is 7.89. The first kappa shape index (κ1) is 25.6. The van der Waals surface area contributed by atoms with Gasteiger partial charge < -0.3 is 9.42 Å². The molecule has 1 aromatic carbocycles. The number of carbonyl (C=O) groups is 1. The van der Waals surface area contributed by atoms with E-state index >= 15 is 0 Å². The Hall–Kier alpha value is -2.45. The van der Waals surface area contributed by atoms with Crippen LogP contribution in [0.15, 0.2) is 27.6 Å². The third kappa shape index (κ3) is 5.38. The van der Waals surface area contributed by atoms with Crippen LogP contribution in [0.25, 0.3) is 12.2 Å². The van der Waals surface area contributed by atoms with Crippen molar-refractivity contribution in [2.75, 3.05) is 19.6 Å². The minimum Gasteiger partial charge on any atom is -0.355 e. The molecule has 3 heterocycles. The van der Waals surface area contributed by atoms with Gasteiger partial charge in [-0.05, 0) is 76.5 Å². The van der Waals surface area contributed by atoms with Crippen LogP contribution in [0.1, 0.15) is 73.6 Å². The summed E-state index contributed by atoms with van der Waals surface area (Å²) in [7, 11) is -3.86. The molecule has 2 aliphatic heterocycles. The second-order valence-corrected chi connectivity index (χ2v) is 11.8. The van der Waals surface area contributed by atoms with Gasteiger partial charge in [0.25, 0.3) is 0 Å². The number of aromatic nitrogens is 1. The van der Waals surface area contributed by atoms with Crippen molar-refractivity contribution in [2.24, 2.45) is 5.92 Å². The van der Waals surface area contributed by atoms with E-state index in [1.54, 1.807) is 13.0 Å². The molecule has 0 bridgehead atoms. The summed E-state index contributed by atoms with van der Waals surface area (Å²) < 4.78 is 34.4. The third-order valence-electron chi connectivity index (χ3n) is 7.40. The summed E-state index contributed by atoms with van der Waals surface area (Å²) in [4.78, 5) is 15.5. The van der Waals surface area contributed by atoms with Gasteiger partial charge in [0.1, 0.15) is 5.69 Å². The molecule has 4 rings (SSSR count). The first-order chi connectivity index (χ1) is 16.7. The van der Waals surface area contributed by atoms with Gasteiger partial charge in [0, 0.05) is 25.7 Å². The summed E-state index contributed by atoms with van der Waals surface area (Å²) in [5.41, 5.74) is 3.55. The van der Waals surface area contributed by atoms with Crippen molar-refractivity contribution in [3.63, 3.8) is 0 Å². The molecule has 35 heavy (non-hydrogen) atoms. The first-order valence-electron chi connectivity index (χ1n) is 12.7. The summed E-state index contributed by atoms with van der Waals surface area (Å²) in [6, 6.07) is 6.40. The average molecular weight is 500 g/mol. The van der Waals surface area contributed by atoms with Gasteiger partial charge in [-0.25, -0.2) is 8.42 Å². The third-order valence-corrected chi connectivity index (χ3v) is 9.42. The van der Waals surface area contributed by atoms with Gasteiger partial charge in [-0.3, -0.25) is 4.79 Å². The molecule has 2 atom stereocenters. The Labute approximate surface area is 209 Å². The maximum Gasteiger partial charge on any atom is 0.248 e. The van der Waals surface area contributed by atoms with E-state index in [1.165, 1.54) is 4.31 Å². The fourth-order valence-electron chi connectivity index (χ4n) is 5.34. The number of hydrogen-bond donors (Lipinski definition) is 0. The molecule has 0 saturated carbocycles. The molecule has 190 valence electrons. The Morgan fingerprint density at radius 2 is 1.91 bits per heavy atom. The standard InChI is InChI=1S/C27H37N3O4S/c1-5-24-10-6-7-16-30(24)27(31)23-9-8-15-29(18-23)35(32,33)26-21(4)28-34-25(26)14-13-22-17-19(2)11-12-20(22)3/h11-14,17,23-24H,5-10,15-16,18H2,1-4H3/b14-13+/t23-,24+/m0/s1. The van der Waals surface area contributed by atoms with Crippen LogP contribution < -0.4 is 0 Å². The molecule has 0 unspecified atom stereocenters. The molecule has 2 aliphatic rings. The van der Waals surface area contributed by atoms with E-state index in [-0.39, 0.29) is 35.1 Å². The van der Waals surface area contributed by atoms with Crippen LogP contribution in [0.4, 0.5) is 0 Å². The molecule has 2 fully saturated rings. The summed E-state index contributed by atoms with van der Waals surface area (Å²) >= 11 is 0. The van der Waals surface area contributed by atoms with Crippen molar-refractivity contribution in [3.05, 3.63) is 46.3 Å². The van der Waals surface area contributed by atoms with E-state index in [1.807, 2.05) is 43.0 Å². The van der Waals surface area contributed by atoms with Gasteiger partial charge in [-0.2, -0.15) is 4.31 Å².